The van der Waals surface area contributed by atoms with E-state index in [0.717, 1.165) is 46.0 Å². The molecule has 3 aromatic rings. The van der Waals surface area contributed by atoms with Crippen LogP contribution in [-0.4, -0.2) is 16.8 Å². The molecule has 1 heterocycles. The van der Waals surface area contributed by atoms with E-state index in [-0.39, 0.29) is 12.5 Å². The van der Waals surface area contributed by atoms with Crippen LogP contribution >= 0.6 is 0 Å². The van der Waals surface area contributed by atoms with Crippen LogP contribution < -0.4 is 5.32 Å². The number of aryl methyl sites for hydroxylation is 3. The standard InChI is InChI=1S/C21H22N2O2/c1-4-16-9-6-10-18-17(13-24)11-23(21(16)18)12-19(25)22-20-14(2)7-5-8-15(20)3/h5-11,13H,4,12H2,1-3H3,(H,22,25). The molecule has 0 unspecified atom stereocenters. The molecule has 4 nitrogen and oxygen atoms in total. The molecular weight excluding hydrogens is 312 g/mol. The highest BCUT2D eigenvalue weighted by Crippen LogP contribution is 2.25. The van der Waals surface area contributed by atoms with Gasteiger partial charge in [0.25, 0.3) is 0 Å². The van der Waals surface area contributed by atoms with Gasteiger partial charge in [-0.25, -0.2) is 0 Å². The predicted molar refractivity (Wildman–Crippen MR) is 101 cm³/mol. The summed E-state index contributed by atoms with van der Waals surface area (Å²) in [6, 6.07) is 11.9. The van der Waals surface area contributed by atoms with Gasteiger partial charge in [0.2, 0.25) is 5.91 Å². The van der Waals surface area contributed by atoms with E-state index >= 15 is 0 Å². The highest BCUT2D eigenvalue weighted by molar-refractivity contribution is 6.00. The second-order valence-electron chi connectivity index (χ2n) is 6.31. The maximum absolute atomic E-state index is 12.6. The summed E-state index contributed by atoms with van der Waals surface area (Å²) in [5, 5.41) is 3.91. The number of amides is 1. The Balaban J connectivity index is 1.95. The molecule has 1 amide bonds. The average molecular weight is 334 g/mol. The zero-order chi connectivity index (χ0) is 18.0. The van der Waals surface area contributed by atoms with Crippen LogP contribution in [0.5, 0.6) is 0 Å². The first-order chi connectivity index (χ1) is 12.0. The molecular formula is C21H22N2O2. The molecule has 1 aromatic heterocycles. The van der Waals surface area contributed by atoms with Gasteiger partial charge in [0.1, 0.15) is 6.54 Å². The number of nitrogens with one attached hydrogen (secondary N) is 1. The second-order valence-corrected chi connectivity index (χ2v) is 6.31. The summed E-state index contributed by atoms with van der Waals surface area (Å²) >= 11 is 0. The second kappa shape index (κ2) is 6.93. The Morgan fingerprint density at radius 2 is 1.80 bits per heavy atom. The zero-order valence-electron chi connectivity index (χ0n) is 14.8. The monoisotopic (exact) mass is 334 g/mol. The van der Waals surface area contributed by atoms with Crippen molar-refractivity contribution in [2.24, 2.45) is 0 Å². The van der Waals surface area contributed by atoms with Crippen LogP contribution in [0.3, 0.4) is 0 Å². The first-order valence-corrected chi connectivity index (χ1v) is 8.47. The molecule has 0 saturated carbocycles. The quantitative estimate of drug-likeness (QED) is 0.708. The molecule has 0 spiro atoms. The van der Waals surface area contributed by atoms with E-state index in [1.807, 2.05) is 54.8 Å². The molecule has 3 rings (SSSR count). The summed E-state index contributed by atoms with van der Waals surface area (Å²) in [5.41, 5.74) is 5.64. The number of hydrogen-bond donors (Lipinski definition) is 1. The van der Waals surface area contributed by atoms with Gasteiger partial charge in [0, 0.05) is 22.8 Å². The molecule has 0 saturated heterocycles. The van der Waals surface area contributed by atoms with E-state index in [9.17, 15) is 9.59 Å². The lowest BCUT2D eigenvalue weighted by molar-refractivity contribution is -0.116. The minimum Gasteiger partial charge on any atom is -0.337 e. The van der Waals surface area contributed by atoms with E-state index in [1.165, 1.54) is 0 Å². The van der Waals surface area contributed by atoms with E-state index in [4.69, 9.17) is 0 Å². The fourth-order valence-corrected chi connectivity index (χ4v) is 3.31. The van der Waals surface area contributed by atoms with Crippen molar-refractivity contribution in [1.82, 2.24) is 4.57 Å². The van der Waals surface area contributed by atoms with Crippen molar-refractivity contribution in [3.63, 3.8) is 0 Å². The molecule has 0 aliphatic heterocycles. The van der Waals surface area contributed by atoms with Crippen LogP contribution in [0.4, 0.5) is 5.69 Å². The Kier molecular flexibility index (Phi) is 4.70. The van der Waals surface area contributed by atoms with Crippen LogP contribution in [0.1, 0.15) is 34.0 Å². The molecule has 0 radical (unpaired) electrons. The van der Waals surface area contributed by atoms with Gasteiger partial charge in [-0.15, -0.1) is 0 Å². The number of carbonyl (C=O) groups is 2. The number of carbonyl (C=O) groups excluding carboxylic acids is 2. The van der Waals surface area contributed by atoms with E-state index in [2.05, 4.69) is 12.2 Å². The molecule has 0 aliphatic carbocycles. The Morgan fingerprint density at radius 1 is 1.12 bits per heavy atom. The van der Waals surface area contributed by atoms with Gasteiger partial charge in [-0.2, -0.15) is 0 Å². The predicted octanol–water partition coefficient (Wildman–Crippen LogP) is 4.27. The molecule has 1 N–H and O–H groups in total. The molecule has 0 atom stereocenters. The fourth-order valence-electron chi connectivity index (χ4n) is 3.31. The van der Waals surface area contributed by atoms with Crippen molar-refractivity contribution < 1.29 is 9.59 Å². The van der Waals surface area contributed by atoms with Gasteiger partial charge in [0.05, 0.1) is 5.52 Å². The van der Waals surface area contributed by atoms with Crippen molar-refractivity contribution in [3.05, 3.63) is 64.8 Å². The van der Waals surface area contributed by atoms with E-state index < -0.39 is 0 Å². The Bertz CT molecular complexity index is 934. The Labute approximate surface area is 147 Å². The maximum Gasteiger partial charge on any atom is 0.244 e. The smallest absolute Gasteiger partial charge is 0.244 e. The number of anilines is 1. The van der Waals surface area contributed by atoms with Gasteiger partial charge in [0.15, 0.2) is 6.29 Å². The van der Waals surface area contributed by atoms with Crippen LogP contribution in [-0.2, 0) is 17.8 Å². The Hall–Kier alpha value is -2.88. The van der Waals surface area contributed by atoms with Crippen molar-refractivity contribution >= 4 is 28.8 Å². The first kappa shape index (κ1) is 17.0. The summed E-state index contributed by atoms with van der Waals surface area (Å²) in [6.07, 6.45) is 3.46. The van der Waals surface area contributed by atoms with Gasteiger partial charge < -0.3 is 9.88 Å². The van der Waals surface area contributed by atoms with Crippen molar-refractivity contribution in [2.75, 3.05) is 5.32 Å². The van der Waals surface area contributed by atoms with Gasteiger partial charge >= 0.3 is 0 Å². The third kappa shape index (κ3) is 3.20. The molecule has 0 bridgehead atoms. The molecule has 0 fully saturated rings. The number of aromatic nitrogens is 1. The normalized spacial score (nSPS) is 10.8. The number of hydrogen-bond acceptors (Lipinski definition) is 2. The number of para-hydroxylation sites is 2. The Morgan fingerprint density at radius 3 is 2.44 bits per heavy atom. The van der Waals surface area contributed by atoms with Crippen LogP contribution in [0.25, 0.3) is 10.9 Å². The molecule has 0 aliphatic rings. The highest BCUT2D eigenvalue weighted by atomic mass is 16.2. The largest absolute Gasteiger partial charge is 0.337 e. The molecule has 2 aromatic carbocycles. The topological polar surface area (TPSA) is 51.1 Å². The summed E-state index contributed by atoms with van der Waals surface area (Å²) in [6.45, 7) is 6.21. The third-order valence-corrected chi connectivity index (χ3v) is 4.58. The maximum atomic E-state index is 12.6. The number of fused-ring (bicyclic) bond motifs is 1. The van der Waals surface area contributed by atoms with Crippen molar-refractivity contribution in [1.29, 1.82) is 0 Å². The molecule has 128 valence electrons. The van der Waals surface area contributed by atoms with Gasteiger partial charge in [-0.05, 0) is 37.0 Å². The third-order valence-electron chi connectivity index (χ3n) is 4.58. The summed E-state index contributed by atoms with van der Waals surface area (Å²) < 4.78 is 1.88. The molecule has 4 heteroatoms. The lowest BCUT2D eigenvalue weighted by atomic mass is 10.1. The lowest BCUT2D eigenvalue weighted by Crippen LogP contribution is -2.19. The van der Waals surface area contributed by atoms with Crippen LogP contribution in [0, 0.1) is 13.8 Å². The zero-order valence-corrected chi connectivity index (χ0v) is 14.8. The minimum absolute atomic E-state index is 0.0994. The fraction of sp³-hybridized carbons (Fsp3) is 0.238. The van der Waals surface area contributed by atoms with Crippen LogP contribution in [0.2, 0.25) is 0 Å². The lowest BCUT2D eigenvalue weighted by Gasteiger charge is -2.13. The van der Waals surface area contributed by atoms with Gasteiger partial charge in [-0.3, -0.25) is 9.59 Å². The SMILES string of the molecule is CCc1cccc2c(C=O)cn(CC(=O)Nc3c(C)cccc3C)c12. The van der Waals surface area contributed by atoms with Crippen molar-refractivity contribution in [3.8, 4) is 0 Å². The number of aldehydes is 1. The minimum atomic E-state index is -0.0994. The highest BCUT2D eigenvalue weighted by Gasteiger charge is 2.14. The number of nitrogens with zero attached hydrogens (tertiary/aromatic N) is 1. The van der Waals surface area contributed by atoms with Crippen molar-refractivity contribution in [2.45, 2.75) is 33.7 Å². The summed E-state index contributed by atoms with van der Waals surface area (Å²) in [7, 11) is 0. The van der Waals surface area contributed by atoms with Crippen LogP contribution in [0.15, 0.2) is 42.6 Å². The van der Waals surface area contributed by atoms with Gasteiger partial charge in [-0.1, -0.05) is 43.3 Å². The first-order valence-electron chi connectivity index (χ1n) is 8.47. The van der Waals surface area contributed by atoms with E-state index in [0.29, 0.717) is 5.56 Å². The summed E-state index contributed by atoms with van der Waals surface area (Å²) in [4.78, 5) is 24.0. The average Bonchev–Trinajstić information content (AvgIpc) is 2.96. The number of rotatable bonds is 5. The van der Waals surface area contributed by atoms with E-state index in [1.54, 1.807) is 6.20 Å². The molecule has 25 heavy (non-hydrogen) atoms. The summed E-state index contributed by atoms with van der Waals surface area (Å²) in [5.74, 6) is -0.0994. The number of benzene rings is 2.